The Morgan fingerprint density at radius 2 is 1.72 bits per heavy atom. The van der Waals surface area contributed by atoms with Gasteiger partial charge in [-0.3, -0.25) is 0 Å². The molecular formula is C21H28N2O2. The third kappa shape index (κ3) is 3.90. The van der Waals surface area contributed by atoms with Crippen molar-refractivity contribution in [3.63, 3.8) is 0 Å². The first-order valence-electron chi connectivity index (χ1n) is 8.96. The van der Waals surface area contributed by atoms with Crippen molar-refractivity contribution in [3.8, 4) is 11.5 Å². The molecule has 3 rings (SSSR count). The lowest BCUT2D eigenvalue weighted by atomic mass is 9.87. The van der Waals surface area contributed by atoms with Gasteiger partial charge in [0.25, 0.3) is 0 Å². The molecule has 0 spiro atoms. The van der Waals surface area contributed by atoms with Crippen LogP contribution in [0.3, 0.4) is 0 Å². The normalized spacial score (nSPS) is 20.4. The molecular weight excluding hydrogens is 312 g/mol. The van der Waals surface area contributed by atoms with Gasteiger partial charge in [0.05, 0.1) is 14.2 Å². The molecule has 2 atom stereocenters. The Hall–Kier alpha value is -2.20. The Bertz CT molecular complexity index is 700. The van der Waals surface area contributed by atoms with Crippen molar-refractivity contribution in [2.45, 2.75) is 31.7 Å². The zero-order valence-corrected chi connectivity index (χ0v) is 15.4. The highest BCUT2D eigenvalue weighted by Gasteiger charge is 2.27. The number of ether oxygens (including phenoxy) is 2. The fourth-order valence-corrected chi connectivity index (χ4v) is 3.64. The van der Waals surface area contributed by atoms with E-state index in [9.17, 15) is 0 Å². The van der Waals surface area contributed by atoms with Crippen molar-refractivity contribution >= 4 is 5.69 Å². The molecule has 0 aromatic heterocycles. The smallest absolute Gasteiger partial charge is 0.162 e. The van der Waals surface area contributed by atoms with Gasteiger partial charge in [0.2, 0.25) is 0 Å². The number of nitrogens with zero attached hydrogens (tertiary/aromatic N) is 1. The average Bonchev–Trinajstić information content (AvgIpc) is 2.67. The molecule has 2 aromatic rings. The van der Waals surface area contributed by atoms with E-state index in [4.69, 9.17) is 15.2 Å². The molecule has 0 aliphatic carbocycles. The van der Waals surface area contributed by atoms with Crippen molar-refractivity contribution in [1.82, 2.24) is 0 Å². The summed E-state index contributed by atoms with van der Waals surface area (Å²) in [7, 11) is 3.33. The van der Waals surface area contributed by atoms with Crippen LogP contribution in [-0.2, 0) is 6.42 Å². The first-order chi connectivity index (χ1) is 12.1. The van der Waals surface area contributed by atoms with E-state index in [-0.39, 0.29) is 6.04 Å². The number of hydrogen-bond acceptors (Lipinski definition) is 4. The summed E-state index contributed by atoms with van der Waals surface area (Å²) in [6.07, 6.45) is 2.09. The summed E-state index contributed by atoms with van der Waals surface area (Å²) in [6, 6.07) is 15.2. The third-order valence-electron chi connectivity index (χ3n) is 5.07. The highest BCUT2D eigenvalue weighted by Crippen LogP contribution is 2.35. The Balaban J connectivity index is 1.82. The molecule has 134 valence electrons. The largest absolute Gasteiger partial charge is 0.493 e. The molecule has 1 heterocycles. The molecule has 2 N–H and O–H groups in total. The maximum atomic E-state index is 6.38. The van der Waals surface area contributed by atoms with E-state index in [2.05, 4.69) is 42.2 Å². The molecule has 0 bridgehead atoms. The molecule has 4 nitrogen and oxygen atoms in total. The standard InChI is InChI=1S/C21H28N2O2/c1-4-15-5-7-16(8-6-15)17-11-18(22)14-23(13-17)19-9-10-20(24-2)21(12-19)25-3/h5-10,12,17-18H,4,11,13-14,22H2,1-3H3. The van der Waals surface area contributed by atoms with Crippen LogP contribution >= 0.6 is 0 Å². The number of hydrogen-bond donors (Lipinski definition) is 1. The molecule has 1 aliphatic rings. The number of aryl methyl sites for hydroxylation is 1. The minimum absolute atomic E-state index is 0.165. The van der Waals surface area contributed by atoms with Crippen LogP contribution in [0.2, 0.25) is 0 Å². The van der Waals surface area contributed by atoms with Crippen molar-refractivity contribution in [2.75, 3.05) is 32.2 Å². The summed E-state index contributed by atoms with van der Waals surface area (Å²) in [4.78, 5) is 2.36. The Morgan fingerprint density at radius 3 is 2.36 bits per heavy atom. The maximum Gasteiger partial charge on any atom is 0.162 e. The van der Waals surface area contributed by atoms with Gasteiger partial charge in [-0.05, 0) is 36.1 Å². The van der Waals surface area contributed by atoms with Crippen LogP contribution in [0.4, 0.5) is 5.69 Å². The second kappa shape index (κ2) is 7.79. The van der Waals surface area contributed by atoms with Crippen LogP contribution in [0.1, 0.15) is 30.4 Å². The van der Waals surface area contributed by atoms with Crippen LogP contribution in [0.5, 0.6) is 11.5 Å². The van der Waals surface area contributed by atoms with Gasteiger partial charge < -0.3 is 20.1 Å². The molecule has 2 unspecified atom stereocenters. The molecule has 25 heavy (non-hydrogen) atoms. The highest BCUT2D eigenvalue weighted by molar-refractivity contribution is 5.57. The molecule has 1 saturated heterocycles. The van der Waals surface area contributed by atoms with Crippen LogP contribution in [-0.4, -0.2) is 33.4 Å². The third-order valence-corrected chi connectivity index (χ3v) is 5.07. The zero-order chi connectivity index (χ0) is 17.8. The van der Waals surface area contributed by atoms with Gasteiger partial charge in [-0.1, -0.05) is 31.2 Å². The van der Waals surface area contributed by atoms with Crippen molar-refractivity contribution in [3.05, 3.63) is 53.6 Å². The zero-order valence-electron chi connectivity index (χ0n) is 15.4. The van der Waals surface area contributed by atoms with Gasteiger partial charge >= 0.3 is 0 Å². The summed E-state index contributed by atoms with van der Waals surface area (Å²) in [5.41, 5.74) is 10.3. The quantitative estimate of drug-likeness (QED) is 0.904. The molecule has 0 saturated carbocycles. The first kappa shape index (κ1) is 17.6. The lowest BCUT2D eigenvalue weighted by Crippen LogP contribution is -2.46. The van der Waals surface area contributed by atoms with Gasteiger partial charge in [0, 0.05) is 36.8 Å². The fourth-order valence-electron chi connectivity index (χ4n) is 3.64. The van der Waals surface area contributed by atoms with E-state index in [0.29, 0.717) is 5.92 Å². The molecule has 1 fully saturated rings. The summed E-state index contributed by atoms with van der Waals surface area (Å²) >= 11 is 0. The summed E-state index contributed by atoms with van der Waals surface area (Å²) in [6.45, 7) is 4.01. The topological polar surface area (TPSA) is 47.7 Å². The van der Waals surface area contributed by atoms with E-state index >= 15 is 0 Å². The van der Waals surface area contributed by atoms with Crippen molar-refractivity contribution < 1.29 is 9.47 Å². The highest BCUT2D eigenvalue weighted by atomic mass is 16.5. The van der Waals surface area contributed by atoms with Gasteiger partial charge in [0.15, 0.2) is 11.5 Å². The van der Waals surface area contributed by atoms with E-state index < -0.39 is 0 Å². The van der Waals surface area contributed by atoms with Crippen LogP contribution in [0.25, 0.3) is 0 Å². The molecule has 0 amide bonds. The van der Waals surface area contributed by atoms with Gasteiger partial charge in [-0.15, -0.1) is 0 Å². The van der Waals surface area contributed by atoms with Gasteiger partial charge in [-0.25, -0.2) is 0 Å². The van der Waals surface area contributed by atoms with Crippen LogP contribution in [0, 0.1) is 0 Å². The Labute approximate surface area is 150 Å². The minimum Gasteiger partial charge on any atom is -0.493 e. The SMILES string of the molecule is CCc1ccc(C2CC(N)CN(c3ccc(OC)c(OC)c3)C2)cc1. The number of benzene rings is 2. The lowest BCUT2D eigenvalue weighted by molar-refractivity contribution is 0.354. The number of anilines is 1. The van der Waals surface area contributed by atoms with Gasteiger partial charge in [0.1, 0.15) is 0 Å². The van der Waals surface area contributed by atoms with E-state index in [1.165, 1.54) is 11.1 Å². The van der Waals surface area contributed by atoms with E-state index in [0.717, 1.165) is 43.1 Å². The number of nitrogens with two attached hydrogens (primary N) is 1. The minimum atomic E-state index is 0.165. The Morgan fingerprint density at radius 1 is 1.00 bits per heavy atom. The second-order valence-corrected chi connectivity index (χ2v) is 6.73. The molecule has 2 aromatic carbocycles. The molecule has 0 radical (unpaired) electrons. The van der Waals surface area contributed by atoms with Gasteiger partial charge in [-0.2, -0.15) is 0 Å². The van der Waals surface area contributed by atoms with E-state index in [1.54, 1.807) is 14.2 Å². The lowest BCUT2D eigenvalue weighted by Gasteiger charge is -2.38. The van der Waals surface area contributed by atoms with Crippen LogP contribution < -0.4 is 20.1 Å². The number of piperidine rings is 1. The summed E-state index contributed by atoms with van der Waals surface area (Å²) in [5.74, 6) is 1.95. The molecule has 1 aliphatic heterocycles. The Kier molecular flexibility index (Phi) is 5.49. The maximum absolute atomic E-state index is 6.38. The number of rotatable bonds is 5. The predicted molar refractivity (Wildman–Crippen MR) is 103 cm³/mol. The summed E-state index contributed by atoms with van der Waals surface area (Å²) in [5, 5.41) is 0. The predicted octanol–water partition coefficient (Wildman–Crippen LogP) is 3.59. The molecule has 4 heteroatoms. The second-order valence-electron chi connectivity index (χ2n) is 6.73. The fraction of sp³-hybridized carbons (Fsp3) is 0.429. The van der Waals surface area contributed by atoms with Crippen molar-refractivity contribution in [2.24, 2.45) is 5.73 Å². The van der Waals surface area contributed by atoms with Crippen molar-refractivity contribution in [1.29, 1.82) is 0 Å². The monoisotopic (exact) mass is 340 g/mol. The first-order valence-corrected chi connectivity index (χ1v) is 8.96. The van der Waals surface area contributed by atoms with Crippen LogP contribution in [0.15, 0.2) is 42.5 Å². The summed E-state index contributed by atoms with van der Waals surface area (Å²) < 4.78 is 10.8. The average molecular weight is 340 g/mol. The van der Waals surface area contributed by atoms with E-state index in [1.807, 2.05) is 12.1 Å². The number of methoxy groups -OCH3 is 2.